The number of allylic oxidation sites excluding steroid dienone is 2. The van der Waals surface area contributed by atoms with E-state index in [1.807, 2.05) is 18.5 Å². The Morgan fingerprint density at radius 2 is 2.09 bits per heavy atom. The Labute approximate surface area is 204 Å². The number of aromatic nitrogens is 4. The van der Waals surface area contributed by atoms with Gasteiger partial charge in [0.05, 0.1) is 36.7 Å². The predicted octanol–water partition coefficient (Wildman–Crippen LogP) is 4.78. The second-order valence-electron chi connectivity index (χ2n) is 8.87. The number of imidazole rings is 1. The number of fused-ring (bicyclic) bond motifs is 2. The fourth-order valence-corrected chi connectivity index (χ4v) is 4.99. The minimum Gasteiger partial charge on any atom is -0.494 e. The van der Waals surface area contributed by atoms with Crippen LogP contribution in [0.4, 0.5) is 0 Å². The van der Waals surface area contributed by atoms with Crippen molar-refractivity contribution >= 4 is 28.0 Å². The summed E-state index contributed by atoms with van der Waals surface area (Å²) in [4.78, 5) is 22.3. The molecule has 1 aliphatic heterocycles. The number of hydrogen-bond donors (Lipinski definition) is 1. The van der Waals surface area contributed by atoms with Gasteiger partial charge in [0.15, 0.2) is 5.82 Å². The quantitative estimate of drug-likeness (QED) is 0.307. The smallest absolute Gasteiger partial charge is 0.338 e. The van der Waals surface area contributed by atoms with Crippen molar-refractivity contribution in [2.45, 2.75) is 38.8 Å². The van der Waals surface area contributed by atoms with Crippen LogP contribution in [0.25, 0.3) is 33.6 Å². The van der Waals surface area contributed by atoms with Gasteiger partial charge in [-0.05, 0) is 63.1 Å². The van der Waals surface area contributed by atoms with Crippen LogP contribution < -0.4 is 10.1 Å². The molecule has 1 atom stereocenters. The molecule has 0 radical (unpaired) electrons. The predicted molar refractivity (Wildman–Crippen MR) is 137 cm³/mol. The summed E-state index contributed by atoms with van der Waals surface area (Å²) in [6.07, 6.45) is 7.41. The molecule has 8 heteroatoms. The van der Waals surface area contributed by atoms with Crippen molar-refractivity contribution in [2.75, 3.05) is 20.8 Å². The monoisotopic (exact) mass is 473 g/mol. The molecule has 1 aromatic carbocycles. The van der Waals surface area contributed by atoms with Gasteiger partial charge in [0.1, 0.15) is 16.9 Å². The Balaban J connectivity index is 1.70. The second-order valence-corrected chi connectivity index (χ2v) is 8.87. The Hall–Kier alpha value is -3.65. The van der Waals surface area contributed by atoms with Gasteiger partial charge in [-0.15, -0.1) is 0 Å². The number of pyridine rings is 1. The number of nitrogens with one attached hydrogen (secondary N) is 1. The number of ether oxygens (including phenoxy) is 2. The van der Waals surface area contributed by atoms with E-state index in [4.69, 9.17) is 19.4 Å². The zero-order valence-corrected chi connectivity index (χ0v) is 20.7. The first-order chi connectivity index (χ1) is 17.0. The summed E-state index contributed by atoms with van der Waals surface area (Å²) in [6.45, 7) is 3.85. The minimum absolute atomic E-state index is 0.304. The molecule has 0 spiro atoms. The van der Waals surface area contributed by atoms with Gasteiger partial charge < -0.3 is 23.9 Å². The number of aryl methyl sites for hydroxylation is 2. The van der Waals surface area contributed by atoms with Crippen LogP contribution in [-0.4, -0.2) is 45.8 Å². The lowest BCUT2D eigenvalue weighted by Gasteiger charge is -2.12. The highest BCUT2D eigenvalue weighted by atomic mass is 16.5. The topological polar surface area (TPSA) is 83.2 Å². The molecular weight excluding hydrogens is 442 g/mol. The summed E-state index contributed by atoms with van der Waals surface area (Å²) in [7, 11) is 4.94. The van der Waals surface area contributed by atoms with E-state index < -0.39 is 5.97 Å². The maximum Gasteiger partial charge on any atom is 0.338 e. The highest BCUT2D eigenvalue weighted by Crippen LogP contribution is 2.35. The lowest BCUT2D eigenvalue weighted by Crippen LogP contribution is -2.14. The lowest BCUT2D eigenvalue weighted by molar-refractivity contribution is 0.0600. The Morgan fingerprint density at radius 1 is 1.23 bits per heavy atom. The van der Waals surface area contributed by atoms with Crippen molar-refractivity contribution in [3.05, 3.63) is 53.7 Å². The molecule has 0 amide bonds. The summed E-state index contributed by atoms with van der Waals surface area (Å²) < 4.78 is 14.8. The third-order valence-corrected chi connectivity index (χ3v) is 6.74. The molecule has 4 aromatic rings. The summed E-state index contributed by atoms with van der Waals surface area (Å²) in [5.74, 6) is 0.947. The van der Waals surface area contributed by atoms with Crippen molar-refractivity contribution in [1.82, 2.24) is 24.4 Å². The summed E-state index contributed by atoms with van der Waals surface area (Å²) >= 11 is 0. The number of carbonyl (C=O) groups excluding carboxylic acids is 1. The Morgan fingerprint density at radius 3 is 2.80 bits per heavy atom. The normalized spacial score (nSPS) is 16.1. The molecule has 4 heterocycles. The minimum atomic E-state index is -0.421. The van der Waals surface area contributed by atoms with Crippen LogP contribution in [0, 0.1) is 0 Å². The summed E-state index contributed by atoms with van der Waals surface area (Å²) in [5, 5.41) is 4.64. The van der Waals surface area contributed by atoms with Crippen molar-refractivity contribution in [2.24, 2.45) is 7.05 Å². The van der Waals surface area contributed by atoms with Crippen LogP contribution in [0.2, 0.25) is 0 Å². The van der Waals surface area contributed by atoms with E-state index in [-0.39, 0.29) is 0 Å². The van der Waals surface area contributed by atoms with E-state index in [0.29, 0.717) is 22.9 Å². The fraction of sp³-hybridized carbons (Fsp3) is 0.370. The van der Waals surface area contributed by atoms with Gasteiger partial charge in [-0.25, -0.2) is 14.8 Å². The molecule has 182 valence electrons. The molecule has 1 fully saturated rings. The lowest BCUT2D eigenvalue weighted by atomic mass is 10.1. The molecule has 1 saturated heterocycles. The van der Waals surface area contributed by atoms with Crippen molar-refractivity contribution in [3.63, 3.8) is 0 Å². The molecule has 0 saturated carbocycles. The van der Waals surface area contributed by atoms with Crippen molar-refractivity contribution in [1.29, 1.82) is 0 Å². The Kier molecular flexibility index (Phi) is 6.30. The number of carbonyl (C=O) groups is 1. The third kappa shape index (κ3) is 4.08. The zero-order valence-electron chi connectivity index (χ0n) is 20.7. The van der Waals surface area contributed by atoms with E-state index in [9.17, 15) is 4.79 Å². The van der Waals surface area contributed by atoms with Crippen LogP contribution in [0.3, 0.4) is 0 Å². The molecule has 0 unspecified atom stereocenters. The molecule has 8 nitrogen and oxygen atoms in total. The van der Waals surface area contributed by atoms with Crippen LogP contribution in [-0.2, 0) is 18.3 Å². The largest absolute Gasteiger partial charge is 0.494 e. The number of methoxy groups -OCH3 is 2. The molecular formula is C27H31N5O3. The van der Waals surface area contributed by atoms with Gasteiger partial charge >= 0.3 is 5.97 Å². The molecule has 35 heavy (non-hydrogen) atoms. The van der Waals surface area contributed by atoms with Gasteiger partial charge in [-0.2, -0.15) is 0 Å². The maximum atomic E-state index is 12.2. The van der Waals surface area contributed by atoms with Gasteiger partial charge in [0, 0.05) is 25.0 Å². The number of benzene rings is 1. The summed E-state index contributed by atoms with van der Waals surface area (Å²) in [6, 6.07) is 10.2. The average molecular weight is 474 g/mol. The molecule has 1 aliphatic rings. The van der Waals surface area contributed by atoms with Crippen LogP contribution in [0.1, 0.15) is 48.3 Å². The maximum absolute atomic E-state index is 12.2. The van der Waals surface area contributed by atoms with E-state index in [1.165, 1.54) is 13.5 Å². The van der Waals surface area contributed by atoms with E-state index in [1.54, 1.807) is 19.2 Å². The molecule has 0 aliphatic carbocycles. The Bertz CT molecular complexity index is 1430. The SMILES string of the molecule is C/C=C\CCn1c(-c2nc3cc(C(=O)OC)cc(OC)c3n2C)cc2ccc([C@H]3CCCN3)nc21. The number of rotatable bonds is 7. The first-order valence-electron chi connectivity index (χ1n) is 12.0. The molecule has 3 aromatic heterocycles. The van der Waals surface area contributed by atoms with E-state index >= 15 is 0 Å². The van der Waals surface area contributed by atoms with Gasteiger partial charge in [-0.3, -0.25) is 0 Å². The van der Waals surface area contributed by atoms with Crippen LogP contribution >= 0.6 is 0 Å². The molecule has 1 N–H and O–H groups in total. The molecule has 5 rings (SSSR count). The van der Waals surface area contributed by atoms with Gasteiger partial charge in [0.25, 0.3) is 0 Å². The highest BCUT2D eigenvalue weighted by molar-refractivity contribution is 5.97. The fourth-order valence-electron chi connectivity index (χ4n) is 4.99. The number of esters is 1. The highest BCUT2D eigenvalue weighted by Gasteiger charge is 2.23. The molecule has 0 bridgehead atoms. The van der Waals surface area contributed by atoms with Crippen LogP contribution in [0.5, 0.6) is 5.75 Å². The zero-order chi connectivity index (χ0) is 24.5. The van der Waals surface area contributed by atoms with E-state index in [0.717, 1.165) is 59.7 Å². The number of nitrogens with zero attached hydrogens (tertiary/aromatic N) is 4. The van der Waals surface area contributed by atoms with E-state index in [2.05, 4.69) is 40.2 Å². The number of hydrogen-bond acceptors (Lipinski definition) is 6. The standard InChI is InChI=1S/C27H31N5O3/c1-5-6-7-13-32-22(15-17-10-11-20(29-25(17)32)19-9-8-12-28-19)26-30-21-14-18(27(33)35-4)16-23(34-3)24(21)31(26)2/h5-6,10-11,14-16,19,28H,7-9,12-13H2,1-4H3/b6-5-/t19-/m1/s1. The first kappa shape index (κ1) is 23.1. The van der Waals surface area contributed by atoms with Gasteiger partial charge in [0.2, 0.25) is 0 Å². The van der Waals surface area contributed by atoms with Crippen LogP contribution in [0.15, 0.2) is 42.5 Å². The second kappa shape index (κ2) is 9.54. The summed E-state index contributed by atoms with van der Waals surface area (Å²) in [5.41, 5.74) is 4.94. The van der Waals surface area contributed by atoms with Gasteiger partial charge in [-0.1, -0.05) is 12.2 Å². The first-order valence-corrected chi connectivity index (χ1v) is 12.0. The third-order valence-electron chi connectivity index (χ3n) is 6.74. The van der Waals surface area contributed by atoms with Crippen molar-refractivity contribution < 1.29 is 14.3 Å². The average Bonchev–Trinajstić information content (AvgIpc) is 3.61. The van der Waals surface area contributed by atoms with Crippen molar-refractivity contribution in [3.8, 4) is 17.3 Å².